The van der Waals surface area contributed by atoms with Crippen molar-refractivity contribution in [2.75, 3.05) is 13.1 Å². The molecular formula is C11H20N2O. The molecular weight excluding hydrogens is 176 g/mol. The van der Waals surface area contributed by atoms with Crippen molar-refractivity contribution in [1.82, 2.24) is 4.90 Å². The van der Waals surface area contributed by atoms with Crippen molar-refractivity contribution in [3.8, 4) is 0 Å². The first-order valence-electron chi connectivity index (χ1n) is 4.80. The molecule has 1 atom stereocenters. The van der Waals surface area contributed by atoms with Crippen molar-refractivity contribution in [1.29, 1.82) is 0 Å². The fourth-order valence-electron chi connectivity index (χ4n) is 1.06. The molecule has 1 amide bonds. The van der Waals surface area contributed by atoms with Crippen molar-refractivity contribution in [2.45, 2.75) is 19.9 Å². The van der Waals surface area contributed by atoms with Gasteiger partial charge in [0.15, 0.2) is 0 Å². The smallest absolute Gasteiger partial charge is 0.240 e. The summed E-state index contributed by atoms with van der Waals surface area (Å²) >= 11 is 0. The van der Waals surface area contributed by atoms with Gasteiger partial charge in [0.25, 0.3) is 0 Å². The van der Waals surface area contributed by atoms with Crippen LogP contribution in [0.15, 0.2) is 25.3 Å². The maximum absolute atomic E-state index is 11.8. The van der Waals surface area contributed by atoms with Crippen LogP contribution in [0.25, 0.3) is 0 Å². The standard InChI is InChI=1S/C11H20N2O/c1-5-7-13(8-6-2)11(14)10(12)9(3)4/h5-6,9-10H,1-2,7-8,12H2,3-4H3/t10-/m0/s1. The lowest BCUT2D eigenvalue weighted by Gasteiger charge is -2.24. The molecule has 2 N–H and O–H groups in total. The molecule has 14 heavy (non-hydrogen) atoms. The third kappa shape index (κ3) is 3.75. The van der Waals surface area contributed by atoms with Gasteiger partial charge < -0.3 is 10.6 Å². The Morgan fingerprint density at radius 2 is 1.79 bits per heavy atom. The van der Waals surface area contributed by atoms with Gasteiger partial charge in [-0.15, -0.1) is 13.2 Å². The van der Waals surface area contributed by atoms with Gasteiger partial charge in [-0.25, -0.2) is 0 Å². The lowest BCUT2D eigenvalue weighted by molar-refractivity contribution is -0.132. The average molecular weight is 196 g/mol. The third-order valence-corrected chi connectivity index (χ3v) is 2.01. The largest absolute Gasteiger partial charge is 0.334 e. The van der Waals surface area contributed by atoms with Gasteiger partial charge >= 0.3 is 0 Å². The highest BCUT2D eigenvalue weighted by molar-refractivity contribution is 5.82. The van der Waals surface area contributed by atoms with Crippen molar-refractivity contribution in [2.24, 2.45) is 11.7 Å². The molecule has 0 rings (SSSR count). The minimum atomic E-state index is -0.435. The van der Waals surface area contributed by atoms with Crippen molar-refractivity contribution in [3.63, 3.8) is 0 Å². The van der Waals surface area contributed by atoms with E-state index in [0.717, 1.165) is 0 Å². The third-order valence-electron chi connectivity index (χ3n) is 2.01. The highest BCUT2D eigenvalue weighted by Gasteiger charge is 2.21. The molecule has 0 bridgehead atoms. The highest BCUT2D eigenvalue weighted by atomic mass is 16.2. The fraction of sp³-hybridized carbons (Fsp3) is 0.545. The number of hydrogen-bond acceptors (Lipinski definition) is 2. The number of nitrogens with zero attached hydrogens (tertiary/aromatic N) is 1. The summed E-state index contributed by atoms with van der Waals surface area (Å²) in [5.74, 6) is 0.111. The molecule has 0 spiro atoms. The van der Waals surface area contributed by atoms with E-state index in [1.165, 1.54) is 0 Å². The predicted octanol–water partition coefficient (Wildman–Crippen LogP) is 1.17. The lowest BCUT2D eigenvalue weighted by atomic mass is 10.0. The van der Waals surface area contributed by atoms with E-state index in [1.807, 2.05) is 13.8 Å². The number of rotatable bonds is 6. The molecule has 0 aliphatic carbocycles. The van der Waals surface area contributed by atoms with Crippen molar-refractivity contribution < 1.29 is 4.79 Å². The molecule has 0 saturated carbocycles. The zero-order chi connectivity index (χ0) is 11.1. The van der Waals surface area contributed by atoms with E-state index >= 15 is 0 Å². The second-order valence-corrected chi connectivity index (χ2v) is 3.59. The van der Waals surface area contributed by atoms with Gasteiger partial charge in [-0.1, -0.05) is 26.0 Å². The van der Waals surface area contributed by atoms with Crippen LogP contribution in [-0.4, -0.2) is 29.9 Å². The Bertz CT molecular complexity index is 201. The van der Waals surface area contributed by atoms with Crippen LogP contribution in [0.4, 0.5) is 0 Å². The summed E-state index contributed by atoms with van der Waals surface area (Å²) in [6.45, 7) is 12.1. The van der Waals surface area contributed by atoms with Gasteiger partial charge in [0.2, 0.25) is 5.91 Å². The Hall–Kier alpha value is -1.09. The van der Waals surface area contributed by atoms with Gasteiger partial charge in [-0.05, 0) is 5.92 Å². The summed E-state index contributed by atoms with van der Waals surface area (Å²) in [5, 5.41) is 0. The molecule has 0 unspecified atom stereocenters. The Morgan fingerprint density at radius 3 is 2.07 bits per heavy atom. The molecule has 0 saturated heterocycles. The number of carbonyl (C=O) groups is 1. The number of carbonyl (C=O) groups excluding carboxylic acids is 1. The second-order valence-electron chi connectivity index (χ2n) is 3.59. The minimum absolute atomic E-state index is 0.0419. The average Bonchev–Trinajstić information content (AvgIpc) is 2.15. The van der Waals surface area contributed by atoms with Crippen molar-refractivity contribution >= 4 is 5.91 Å². The molecule has 3 heteroatoms. The molecule has 3 nitrogen and oxygen atoms in total. The predicted molar refractivity (Wildman–Crippen MR) is 59.8 cm³/mol. The first kappa shape index (κ1) is 12.9. The van der Waals surface area contributed by atoms with Crippen molar-refractivity contribution in [3.05, 3.63) is 25.3 Å². The second kappa shape index (κ2) is 6.38. The summed E-state index contributed by atoms with van der Waals surface area (Å²) < 4.78 is 0. The van der Waals surface area contributed by atoms with Gasteiger partial charge in [0, 0.05) is 13.1 Å². The summed E-state index contributed by atoms with van der Waals surface area (Å²) in [6, 6.07) is -0.435. The van der Waals surface area contributed by atoms with Gasteiger partial charge in [0.1, 0.15) is 0 Å². The molecule has 0 fully saturated rings. The van der Waals surface area contributed by atoms with Crippen LogP contribution in [0.5, 0.6) is 0 Å². The summed E-state index contributed by atoms with van der Waals surface area (Å²) in [7, 11) is 0. The van der Waals surface area contributed by atoms with Gasteiger partial charge in [-0.2, -0.15) is 0 Å². The maximum atomic E-state index is 11.8. The Balaban J connectivity index is 4.40. The monoisotopic (exact) mass is 196 g/mol. The normalized spacial score (nSPS) is 12.3. The van der Waals surface area contributed by atoms with E-state index in [1.54, 1.807) is 17.1 Å². The zero-order valence-corrected chi connectivity index (χ0v) is 9.07. The van der Waals surface area contributed by atoms with Crippen LogP contribution in [-0.2, 0) is 4.79 Å². The first-order chi connectivity index (χ1) is 6.54. The Kier molecular flexibility index (Phi) is 5.88. The molecule has 0 aliphatic heterocycles. The Labute approximate surface area is 86.3 Å². The molecule has 0 heterocycles. The number of hydrogen-bond donors (Lipinski definition) is 1. The Morgan fingerprint density at radius 1 is 1.36 bits per heavy atom. The van der Waals surface area contributed by atoms with E-state index in [2.05, 4.69) is 13.2 Å². The summed E-state index contributed by atoms with van der Waals surface area (Å²) in [4.78, 5) is 13.4. The number of amides is 1. The molecule has 0 aromatic rings. The maximum Gasteiger partial charge on any atom is 0.240 e. The van der Waals surface area contributed by atoms with E-state index in [0.29, 0.717) is 13.1 Å². The topological polar surface area (TPSA) is 46.3 Å². The van der Waals surface area contributed by atoms with Crippen LogP contribution < -0.4 is 5.73 Å². The van der Waals surface area contributed by atoms with Gasteiger partial charge in [-0.3, -0.25) is 4.79 Å². The molecule has 0 aromatic carbocycles. The molecule has 0 radical (unpaired) electrons. The molecule has 80 valence electrons. The van der Waals surface area contributed by atoms with Crippen LogP contribution in [0.2, 0.25) is 0 Å². The fourth-order valence-corrected chi connectivity index (χ4v) is 1.06. The van der Waals surface area contributed by atoms with Crippen LogP contribution in [0.3, 0.4) is 0 Å². The van der Waals surface area contributed by atoms with Gasteiger partial charge in [0.05, 0.1) is 6.04 Å². The molecule has 0 aromatic heterocycles. The van der Waals surface area contributed by atoms with E-state index in [-0.39, 0.29) is 11.8 Å². The quantitative estimate of drug-likeness (QED) is 0.648. The van der Waals surface area contributed by atoms with Crippen LogP contribution >= 0.6 is 0 Å². The van der Waals surface area contributed by atoms with Crippen LogP contribution in [0.1, 0.15) is 13.8 Å². The minimum Gasteiger partial charge on any atom is -0.334 e. The molecule has 0 aliphatic rings. The number of nitrogens with two attached hydrogens (primary N) is 1. The first-order valence-corrected chi connectivity index (χ1v) is 4.80. The van der Waals surface area contributed by atoms with Crippen LogP contribution in [0, 0.1) is 5.92 Å². The van der Waals surface area contributed by atoms with E-state index < -0.39 is 6.04 Å². The zero-order valence-electron chi connectivity index (χ0n) is 9.07. The SMILES string of the molecule is C=CCN(CC=C)C(=O)[C@@H](N)C(C)C. The summed E-state index contributed by atoms with van der Waals surface area (Å²) in [5.41, 5.74) is 5.76. The lowest BCUT2D eigenvalue weighted by Crippen LogP contribution is -2.46. The highest BCUT2D eigenvalue weighted by Crippen LogP contribution is 2.03. The van der Waals surface area contributed by atoms with E-state index in [9.17, 15) is 4.79 Å². The summed E-state index contributed by atoms with van der Waals surface area (Å²) in [6.07, 6.45) is 3.38. The van der Waals surface area contributed by atoms with E-state index in [4.69, 9.17) is 5.73 Å².